The molecule has 0 amide bonds. The lowest BCUT2D eigenvalue weighted by Crippen LogP contribution is -2.48. The third-order valence-corrected chi connectivity index (χ3v) is 4.78. The molecule has 2 unspecified atom stereocenters. The van der Waals surface area contributed by atoms with Gasteiger partial charge in [-0.1, -0.05) is 6.92 Å². The normalized spacial score (nSPS) is 32.8. The van der Waals surface area contributed by atoms with Crippen molar-refractivity contribution in [2.45, 2.75) is 45.6 Å². The molecule has 0 spiro atoms. The van der Waals surface area contributed by atoms with Gasteiger partial charge < -0.3 is 4.74 Å². The minimum absolute atomic E-state index is 0.210. The summed E-state index contributed by atoms with van der Waals surface area (Å²) in [6.45, 7) is 7.27. The molecule has 0 aromatic carbocycles. The zero-order chi connectivity index (χ0) is 12.5. The van der Waals surface area contributed by atoms with E-state index in [1.165, 1.54) is 19.3 Å². The van der Waals surface area contributed by atoms with Crippen LogP contribution in [0.1, 0.15) is 39.5 Å². The smallest absolute Gasteiger partial charge is 0.138 e. The van der Waals surface area contributed by atoms with E-state index in [1.54, 1.807) is 7.11 Å². The topological polar surface area (TPSA) is 29.5 Å². The molecule has 0 N–H and O–H groups in total. The Morgan fingerprint density at radius 1 is 1.41 bits per heavy atom. The molecule has 1 saturated carbocycles. The van der Waals surface area contributed by atoms with Crippen molar-refractivity contribution in [2.75, 3.05) is 26.8 Å². The van der Waals surface area contributed by atoms with Gasteiger partial charge >= 0.3 is 0 Å². The lowest BCUT2D eigenvalue weighted by molar-refractivity contribution is -0.128. The average Bonchev–Trinajstić information content (AvgIpc) is 3.08. The molecule has 3 nitrogen and oxygen atoms in total. The molecule has 0 radical (unpaired) electrons. The summed E-state index contributed by atoms with van der Waals surface area (Å²) < 4.78 is 5.20. The summed E-state index contributed by atoms with van der Waals surface area (Å²) in [5.74, 6) is 0.650. The van der Waals surface area contributed by atoms with Crippen molar-refractivity contribution in [3.8, 4) is 0 Å². The van der Waals surface area contributed by atoms with E-state index in [0.29, 0.717) is 17.2 Å². The van der Waals surface area contributed by atoms with Crippen molar-refractivity contribution < 1.29 is 9.53 Å². The number of carbonyl (C=O) groups excluding carboxylic acids is 1. The summed E-state index contributed by atoms with van der Waals surface area (Å²) in [5.41, 5.74) is 0.504. The molecule has 98 valence electrons. The zero-order valence-corrected chi connectivity index (χ0v) is 11.4. The lowest BCUT2D eigenvalue weighted by atomic mass is 9.89. The van der Waals surface area contributed by atoms with Gasteiger partial charge in [-0.3, -0.25) is 9.69 Å². The van der Waals surface area contributed by atoms with Gasteiger partial charge in [0.05, 0.1) is 0 Å². The van der Waals surface area contributed by atoms with E-state index in [0.717, 1.165) is 26.1 Å². The van der Waals surface area contributed by atoms with E-state index in [4.69, 9.17) is 4.74 Å². The number of ketones is 1. The average molecular weight is 239 g/mol. The first kappa shape index (κ1) is 13.0. The van der Waals surface area contributed by atoms with Crippen LogP contribution in [0.25, 0.3) is 0 Å². The third-order valence-electron chi connectivity index (χ3n) is 4.78. The predicted octanol–water partition coefficient (Wildman–Crippen LogP) is 2.10. The highest BCUT2D eigenvalue weighted by molar-refractivity contribution is 5.82. The highest BCUT2D eigenvalue weighted by atomic mass is 16.5. The van der Waals surface area contributed by atoms with Gasteiger partial charge in [0.2, 0.25) is 0 Å². The van der Waals surface area contributed by atoms with E-state index in [9.17, 15) is 4.79 Å². The van der Waals surface area contributed by atoms with E-state index in [1.807, 2.05) is 0 Å². The molecule has 2 aliphatic rings. The molecule has 1 saturated heterocycles. The fraction of sp³-hybridized carbons (Fsp3) is 0.929. The summed E-state index contributed by atoms with van der Waals surface area (Å²) in [5, 5.41) is 0. The SMILES string of the molecule is COCCC1(CN2CCC(=O)C(C)C2C)CC1. The maximum absolute atomic E-state index is 11.7. The maximum Gasteiger partial charge on any atom is 0.138 e. The molecule has 1 aliphatic carbocycles. The monoisotopic (exact) mass is 239 g/mol. The second kappa shape index (κ2) is 5.07. The van der Waals surface area contributed by atoms with Crippen molar-refractivity contribution >= 4 is 5.78 Å². The van der Waals surface area contributed by atoms with Crippen molar-refractivity contribution in [3.63, 3.8) is 0 Å². The second-order valence-corrected chi connectivity index (χ2v) is 5.96. The molecule has 17 heavy (non-hydrogen) atoms. The third kappa shape index (κ3) is 2.89. The predicted molar refractivity (Wildman–Crippen MR) is 68.0 cm³/mol. The van der Waals surface area contributed by atoms with Crippen LogP contribution < -0.4 is 0 Å². The molecular weight excluding hydrogens is 214 g/mol. The van der Waals surface area contributed by atoms with Crippen LogP contribution in [0.2, 0.25) is 0 Å². The Morgan fingerprint density at radius 3 is 2.71 bits per heavy atom. The summed E-state index contributed by atoms with van der Waals surface area (Å²) in [6.07, 6.45) is 4.59. The summed E-state index contributed by atoms with van der Waals surface area (Å²) in [4.78, 5) is 14.2. The Bertz CT molecular complexity index is 286. The van der Waals surface area contributed by atoms with Crippen LogP contribution in [0.5, 0.6) is 0 Å². The van der Waals surface area contributed by atoms with Crippen molar-refractivity contribution in [3.05, 3.63) is 0 Å². The minimum Gasteiger partial charge on any atom is -0.385 e. The number of carbonyl (C=O) groups is 1. The van der Waals surface area contributed by atoms with Crippen LogP contribution in [0, 0.1) is 11.3 Å². The Labute approximate surface area is 105 Å². The molecular formula is C14H25NO2. The number of ether oxygens (including phenoxy) is 1. The van der Waals surface area contributed by atoms with Gasteiger partial charge in [-0.15, -0.1) is 0 Å². The van der Waals surface area contributed by atoms with Gasteiger partial charge in [0, 0.05) is 45.2 Å². The molecule has 3 heteroatoms. The number of methoxy groups -OCH3 is 1. The van der Waals surface area contributed by atoms with Crippen molar-refractivity contribution in [2.24, 2.45) is 11.3 Å². The number of likely N-dealkylation sites (tertiary alicyclic amines) is 1. The van der Waals surface area contributed by atoms with Crippen LogP contribution in [0.3, 0.4) is 0 Å². The van der Waals surface area contributed by atoms with Crippen LogP contribution in [0.15, 0.2) is 0 Å². The fourth-order valence-electron chi connectivity index (χ4n) is 2.91. The van der Waals surface area contributed by atoms with Crippen LogP contribution in [-0.2, 0) is 9.53 Å². The van der Waals surface area contributed by atoms with Gasteiger partial charge in [0.25, 0.3) is 0 Å². The first-order valence-corrected chi connectivity index (χ1v) is 6.84. The Hall–Kier alpha value is -0.410. The van der Waals surface area contributed by atoms with Gasteiger partial charge in [-0.05, 0) is 31.6 Å². The maximum atomic E-state index is 11.7. The number of rotatable bonds is 5. The second-order valence-electron chi connectivity index (χ2n) is 5.96. The number of hydrogen-bond donors (Lipinski definition) is 0. The number of nitrogens with zero attached hydrogens (tertiary/aromatic N) is 1. The standard InChI is InChI=1S/C14H25NO2/c1-11-12(2)15(8-4-13(11)16)10-14(5-6-14)7-9-17-3/h11-12H,4-10H2,1-3H3. The molecule has 2 atom stereocenters. The van der Waals surface area contributed by atoms with Crippen LogP contribution >= 0.6 is 0 Å². The molecule has 0 aromatic heterocycles. The number of piperidine rings is 1. The van der Waals surface area contributed by atoms with Gasteiger partial charge in [0.15, 0.2) is 0 Å². The van der Waals surface area contributed by atoms with Crippen LogP contribution in [-0.4, -0.2) is 43.5 Å². The molecule has 1 aliphatic heterocycles. The molecule has 2 fully saturated rings. The van der Waals surface area contributed by atoms with Gasteiger partial charge in [-0.25, -0.2) is 0 Å². The zero-order valence-electron chi connectivity index (χ0n) is 11.4. The highest BCUT2D eigenvalue weighted by Gasteiger charge is 2.45. The Kier molecular flexibility index (Phi) is 3.88. The lowest BCUT2D eigenvalue weighted by Gasteiger charge is -2.39. The first-order chi connectivity index (χ1) is 8.08. The fourth-order valence-corrected chi connectivity index (χ4v) is 2.91. The summed E-state index contributed by atoms with van der Waals surface area (Å²) >= 11 is 0. The van der Waals surface area contributed by atoms with E-state index in [2.05, 4.69) is 18.7 Å². The largest absolute Gasteiger partial charge is 0.385 e. The number of hydrogen-bond acceptors (Lipinski definition) is 3. The number of Topliss-reactive ketones (excluding diaryl/α,β-unsaturated/α-hetero) is 1. The van der Waals surface area contributed by atoms with Gasteiger partial charge in [-0.2, -0.15) is 0 Å². The Balaban J connectivity index is 1.88. The van der Waals surface area contributed by atoms with Crippen molar-refractivity contribution in [1.82, 2.24) is 4.90 Å². The first-order valence-electron chi connectivity index (χ1n) is 6.84. The minimum atomic E-state index is 0.210. The molecule has 0 aromatic rings. The Morgan fingerprint density at radius 2 is 2.12 bits per heavy atom. The summed E-state index contributed by atoms with van der Waals surface area (Å²) in [7, 11) is 1.78. The van der Waals surface area contributed by atoms with Crippen molar-refractivity contribution in [1.29, 1.82) is 0 Å². The summed E-state index contributed by atoms with van der Waals surface area (Å²) in [6, 6.07) is 0.413. The molecule has 2 rings (SSSR count). The van der Waals surface area contributed by atoms with E-state index in [-0.39, 0.29) is 5.92 Å². The van der Waals surface area contributed by atoms with Gasteiger partial charge in [0.1, 0.15) is 5.78 Å². The van der Waals surface area contributed by atoms with E-state index >= 15 is 0 Å². The van der Waals surface area contributed by atoms with Crippen LogP contribution in [0.4, 0.5) is 0 Å². The quantitative estimate of drug-likeness (QED) is 0.736. The van der Waals surface area contributed by atoms with E-state index < -0.39 is 0 Å². The molecule has 0 bridgehead atoms. The molecule has 1 heterocycles. The highest BCUT2D eigenvalue weighted by Crippen LogP contribution is 2.50.